The second-order valence-electron chi connectivity index (χ2n) is 3.74. The fourth-order valence-corrected chi connectivity index (χ4v) is 1.89. The largest absolute Gasteiger partial charge is 0.454 e. The molecular weight excluding hydrogens is 194 g/mol. The summed E-state index contributed by atoms with van der Waals surface area (Å²) in [5, 5.41) is 0. The molecule has 1 aliphatic carbocycles. The van der Waals surface area contributed by atoms with E-state index < -0.39 is 0 Å². The van der Waals surface area contributed by atoms with Crippen LogP contribution in [-0.4, -0.2) is 18.9 Å². The maximum Gasteiger partial charge on any atom is 0.235 e. The Hall–Kier alpha value is -1.80. The van der Waals surface area contributed by atoms with Crippen molar-refractivity contribution in [2.45, 2.75) is 18.4 Å². The van der Waals surface area contributed by atoms with Crippen LogP contribution in [0.2, 0.25) is 0 Å². The molecule has 1 fully saturated rings. The predicted molar refractivity (Wildman–Crippen MR) is 51.8 cm³/mol. The topological polar surface area (TPSA) is 47.9 Å². The molecule has 0 aromatic heterocycles. The van der Waals surface area contributed by atoms with Gasteiger partial charge in [0.2, 0.25) is 12.9 Å². The minimum Gasteiger partial charge on any atom is -0.454 e. The number of isocyanates is 1. The van der Waals surface area contributed by atoms with Gasteiger partial charge in [0.25, 0.3) is 0 Å². The molecule has 0 amide bonds. The summed E-state index contributed by atoms with van der Waals surface area (Å²) >= 11 is 0. The molecule has 1 heterocycles. The third-order valence-corrected chi connectivity index (χ3v) is 2.80. The monoisotopic (exact) mass is 203 g/mol. The minimum atomic E-state index is 0.114. The average molecular weight is 203 g/mol. The van der Waals surface area contributed by atoms with Crippen molar-refractivity contribution in [3.63, 3.8) is 0 Å². The van der Waals surface area contributed by atoms with Crippen LogP contribution in [0.25, 0.3) is 0 Å². The number of nitrogens with zero attached hydrogens (tertiary/aromatic N) is 1. The van der Waals surface area contributed by atoms with Gasteiger partial charge in [0.05, 0.1) is 6.04 Å². The van der Waals surface area contributed by atoms with Gasteiger partial charge in [-0.25, -0.2) is 9.79 Å². The van der Waals surface area contributed by atoms with Gasteiger partial charge in [0.1, 0.15) is 0 Å². The molecule has 15 heavy (non-hydrogen) atoms. The quantitative estimate of drug-likeness (QED) is 0.542. The van der Waals surface area contributed by atoms with Gasteiger partial charge >= 0.3 is 0 Å². The van der Waals surface area contributed by atoms with Crippen molar-refractivity contribution in [3.05, 3.63) is 23.8 Å². The third kappa shape index (κ3) is 1.39. The van der Waals surface area contributed by atoms with Gasteiger partial charge in [-0.15, -0.1) is 0 Å². The summed E-state index contributed by atoms with van der Waals surface area (Å²) in [4.78, 5) is 13.8. The van der Waals surface area contributed by atoms with E-state index in [0.717, 1.165) is 23.5 Å². The lowest BCUT2D eigenvalue weighted by molar-refractivity contribution is 0.174. The van der Waals surface area contributed by atoms with E-state index in [9.17, 15) is 4.79 Å². The van der Waals surface area contributed by atoms with Crippen molar-refractivity contribution in [2.75, 3.05) is 6.79 Å². The van der Waals surface area contributed by atoms with Crippen molar-refractivity contribution >= 4 is 6.08 Å². The van der Waals surface area contributed by atoms with Gasteiger partial charge in [-0.3, -0.25) is 0 Å². The Balaban J connectivity index is 1.86. The number of hydrogen-bond acceptors (Lipinski definition) is 4. The molecular formula is C11H9NO3. The number of aliphatic imine (C=N–C) groups is 1. The van der Waals surface area contributed by atoms with Gasteiger partial charge in [-0.1, -0.05) is 6.07 Å². The van der Waals surface area contributed by atoms with Crippen molar-refractivity contribution in [2.24, 2.45) is 4.99 Å². The molecule has 76 valence electrons. The number of ether oxygens (including phenoxy) is 2. The maximum atomic E-state index is 10.1. The summed E-state index contributed by atoms with van der Waals surface area (Å²) in [7, 11) is 0. The Morgan fingerprint density at radius 3 is 3.07 bits per heavy atom. The molecule has 2 aliphatic rings. The van der Waals surface area contributed by atoms with Crippen molar-refractivity contribution in [3.8, 4) is 11.5 Å². The summed E-state index contributed by atoms with van der Waals surface area (Å²) in [6, 6.07) is 5.98. The highest BCUT2D eigenvalue weighted by Crippen LogP contribution is 2.46. The molecule has 4 nitrogen and oxygen atoms in total. The van der Waals surface area contributed by atoms with E-state index in [0.29, 0.717) is 12.7 Å². The van der Waals surface area contributed by atoms with Gasteiger partial charge in [0, 0.05) is 5.92 Å². The molecule has 3 rings (SSSR count). The lowest BCUT2D eigenvalue weighted by Crippen LogP contribution is -1.92. The van der Waals surface area contributed by atoms with Crippen LogP contribution in [0.5, 0.6) is 11.5 Å². The van der Waals surface area contributed by atoms with Crippen LogP contribution in [-0.2, 0) is 4.79 Å². The molecule has 0 spiro atoms. The third-order valence-electron chi connectivity index (χ3n) is 2.80. The number of fused-ring (bicyclic) bond motifs is 1. The zero-order valence-electron chi connectivity index (χ0n) is 7.97. The highest BCUT2D eigenvalue weighted by atomic mass is 16.7. The molecule has 0 N–H and O–H groups in total. The Kier molecular flexibility index (Phi) is 1.76. The number of hydrogen-bond donors (Lipinski definition) is 0. The normalized spacial score (nSPS) is 25.9. The second kappa shape index (κ2) is 3.11. The Morgan fingerprint density at radius 1 is 1.33 bits per heavy atom. The van der Waals surface area contributed by atoms with Gasteiger partial charge in [0.15, 0.2) is 11.5 Å². The molecule has 1 saturated carbocycles. The van der Waals surface area contributed by atoms with E-state index in [2.05, 4.69) is 4.99 Å². The zero-order chi connectivity index (χ0) is 10.3. The van der Waals surface area contributed by atoms with Gasteiger partial charge < -0.3 is 9.47 Å². The second-order valence-corrected chi connectivity index (χ2v) is 3.74. The van der Waals surface area contributed by atoms with E-state index in [1.54, 1.807) is 6.08 Å². The first-order chi connectivity index (χ1) is 7.38. The average Bonchev–Trinajstić information content (AvgIpc) is 2.87. The first-order valence-electron chi connectivity index (χ1n) is 4.85. The molecule has 1 aliphatic heterocycles. The molecule has 2 atom stereocenters. The van der Waals surface area contributed by atoms with Crippen LogP contribution < -0.4 is 9.47 Å². The molecule has 4 heteroatoms. The lowest BCUT2D eigenvalue weighted by Gasteiger charge is -2.00. The van der Waals surface area contributed by atoms with Crippen LogP contribution in [0.1, 0.15) is 17.9 Å². The molecule has 0 saturated heterocycles. The van der Waals surface area contributed by atoms with E-state index in [-0.39, 0.29) is 6.04 Å². The van der Waals surface area contributed by atoms with Crippen molar-refractivity contribution < 1.29 is 14.3 Å². The number of benzene rings is 1. The van der Waals surface area contributed by atoms with Crippen LogP contribution in [0.4, 0.5) is 0 Å². The highest BCUT2D eigenvalue weighted by molar-refractivity contribution is 5.47. The number of carbonyl (C=O) groups excluding carboxylic acids is 1. The maximum absolute atomic E-state index is 10.1. The first-order valence-corrected chi connectivity index (χ1v) is 4.85. The zero-order valence-corrected chi connectivity index (χ0v) is 7.97. The molecule has 0 radical (unpaired) electrons. The Bertz CT molecular complexity index is 451. The highest BCUT2D eigenvalue weighted by Gasteiger charge is 2.39. The Labute approximate surface area is 86.5 Å². The minimum absolute atomic E-state index is 0.114. The summed E-state index contributed by atoms with van der Waals surface area (Å²) < 4.78 is 10.5. The molecule has 1 aromatic carbocycles. The SMILES string of the molecule is O=C=NC1CC1c1ccc2c(c1)OCO2. The van der Waals surface area contributed by atoms with E-state index >= 15 is 0 Å². The molecule has 1 aromatic rings. The van der Waals surface area contributed by atoms with E-state index in [1.165, 1.54) is 0 Å². The lowest BCUT2D eigenvalue weighted by atomic mass is 10.1. The summed E-state index contributed by atoms with van der Waals surface area (Å²) in [6.45, 7) is 0.291. The fourth-order valence-electron chi connectivity index (χ4n) is 1.89. The fraction of sp³-hybridized carbons (Fsp3) is 0.364. The van der Waals surface area contributed by atoms with Gasteiger partial charge in [-0.2, -0.15) is 0 Å². The number of rotatable bonds is 2. The summed E-state index contributed by atoms with van der Waals surface area (Å²) in [5.74, 6) is 1.92. The van der Waals surface area contributed by atoms with Crippen molar-refractivity contribution in [1.29, 1.82) is 0 Å². The van der Waals surface area contributed by atoms with E-state index in [4.69, 9.17) is 9.47 Å². The smallest absolute Gasteiger partial charge is 0.235 e. The van der Waals surface area contributed by atoms with Crippen LogP contribution in [0.15, 0.2) is 23.2 Å². The van der Waals surface area contributed by atoms with E-state index in [1.807, 2.05) is 18.2 Å². The molecule has 0 bridgehead atoms. The van der Waals surface area contributed by atoms with Gasteiger partial charge in [-0.05, 0) is 24.1 Å². The van der Waals surface area contributed by atoms with Crippen LogP contribution in [0.3, 0.4) is 0 Å². The standard InChI is InChI=1S/C11H9NO3/c13-5-12-9-4-8(9)7-1-2-10-11(3-7)15-6-14-10/h1-3,8-9H,4,6H2. The van der Waals surface area contributed by atoms with Crippen LogP contribution in [0, 0.1) is 0 Å². The first kappa shape index (κ1) is 8.50. The predicted octanol–water partition coefficient (Wildman–Crippen LogP) is 1.61. The molecule has 2 unspecified atom stereocenters. The summed E-state index contributed by atoms with van der Waals surface area (Å²) in [5.41, 5.74) is 1.16. The van der Waals surface area contributed by atoms with Crippen molar-refractivity contribution in [1.82, 2.24) is 0 Å². The van der Waals surface area contributed by atoms with Crippen LogP contribution >= 0.6 is 0 Å². The summed E-state index contributed by atoms with van der Waals surface area (Å²) in [6.07, 6.45) is 2.53. The Morgan fingerprint density at radius 2 is 2.20 bits per heavy atom.